The molecular weight excluding hydrogens is 338 g/mol. The second-order valence-corrected chi connectivity index (χ2v) is 7.37. The fraction of sp³-hybridized carbons (Fsp3) is 0.364. The summed E-state index contributed by atoms with van der Waals surface area (Å²) in [4.78, 5) is 31.4. The van der Waals surface area contributed by atoms with Gasteiger partial charge in [-0.1, -0.05) is 36.4 Å². The Bertz CT molecular complexity index is 822. The lowest BCUT2D eigenvalue weighted by molar-refractivity contribution is 0.00850. The van der Waals surface area contributed by atoms with Crippen LogP contribution in [0.15, 0.2) is 54.6 Å². The highest BCUT2D eigenvalue weighted by Gasteiger charge is 2.37. The first-order valence-corrected chi connectivity index (χ1v) is 9.57. The highest BCUT2D eigenvalue weighted by Crippen LogP contribution is 2.21. The monoisotopic (exact) mass is 363 g/mol. The molecule has 0 aromatic heterocycles. The Morgan fingerprint density at radius 3 is 2.07 bits per heavy atom. The van der Waals surface area contributed by atoms with Gasteiger partial charge >= 0.3 is 0 Å². The third-order valence-electron chi connectivity index (χ3n) is 5.66. The molecule has 2 aromatic rings. The van der Waals surface area contributed by atoms with Crippen LogP contribution >= 0.6 is 0 Å². The Morgan fingerprint density at radius 1 is 0.778 bits per heavy atom. The number of carbonyl (C=O) groups excluding carboxylic acids is 2. The van der Waals surface area contributed by atoms with Crippen molar-refractivity contribution in [1.82, 2.24) is 14.7 Å². The highest BCUT2D eigenvalue weighted by atomic mass is 16.2. The topological polar surface area (TPSA) is 43.9 Å². The van der Waals surface area contributed by atoms with Crippen LogP contribution in [0.4, 0.5) is 0 Å². The number of piperazine rings is 1. The Labute approximate surface area is 160 Å². The van der Waals surface area contributed by atoms with E-state index in [9.17, 15) is 9.59 Å². The minimum absolute atomic E-state index is 0.111. The predicted octanol–water partition coefficient (Wildman–Crippen LogP) is 2.28. The summed E-state index contributed by atoms with van der Waals surface area (Å²) < 4.78 is 0. The quantitative estimate of drug-likeness (QED) is 0.840. The molecule has 5 nitrogen and oxygen atoms in total. The number of nitrogens with zero attached hydrogens (tertiary/aromatic N) is 3. The molecule has 0 unspecified atom stereocenters. The maximum absolute atomic E-state index is 12.6. The van der Waals surface area contributed by atoms with Gasteiger partial charge in [0.1, 0.15) is 0 Å². The fourth-order valence-electron chi connectivity index (χ4n) is 3.89. The first-order valence-electron chi connectivity index (χ1n) is 9.57. The minimum atomic E-state index is 0.111. The molecule has 0 spiro atoms. The molecule has 2 aliphatic rings. The zero-order valence-corrected chi connectivity index (χ0v) is 15.7. The van der Waals surface area contributed by atoms with Crippen LogP contribution in [0.3, 0.4) is 0 Å². The summed E-state index contributed by atoms with van der Waals surface area (Å²) in [6.45, 7) is 6.77. The first-order chi connectivity index (χ1) is 13.1. The van der Waals surface area contributed by atoms with Gasteiger partial charge in [-0.05, 0) is 30.7 Å². The molecule has 0 aliphatic carbocycles. The zero-order chi connectivity index (χ0) is 18.8. The molecule has 4 rings (SSSR count). The van der Waals surface area contributed by atoms with Gasteiger partial charge in [0.2, 0.25) is 0 Å². The Morgan fingerprint density at radius 2 is 1.41 bits per heavy atom. The largest absolute Gasteiger partial charge is 0.336 e. The number of benzene rings is 2. The van der Waals surface area contributed by atoms with Crippen LogP contribution in [0, 0.1) is 6.92 Å². The normalized spacial score (nSPS) is 18.3. The summed E-state index contributed by atoms with van der Waals surface area (Å²) in [5.74, 6) is 0.238. The summed E-state index contributed by atoms with van der Waals surface area (Å²) >= 11 is 0. The Kier molecular flexibility index (Phi) is 4.94. The van der Waals surface area contributed by atoms with Crippen LogP contribution in [0.2, 0.25) is 0 Å². The van der Waals surface area contributed by atoms with Crippen LogP contribution in [-0.2, 0) is 0 Å². The van der Waals surface area contributed by atoms with Gasteiger partial charge in [0.15, 0.2) is 0 Å². The molecule has 0 bridgehead atoms. The van der Waals surface area contributed by atoms with E-state index in [1.165, 1.54) is 0 Å². The average Bonchev–Trinajstić information content (AvgIpc) is 2.68. The van der Waals surface area contributed by atoms with E-state index in [4.69, 9.17) is 0 Å². The SMILES string of the molecule is Cc1ccccc1C(=O)N1CC(N2CCN(C(=O)c3ccccc3)CC2)C1. The molecule has 2 aromatic carbocycles. The van der Waals surface area contributed by atoms with Crippen LogP contribution in [-0.4, -0.2) is 71.8 Å². The molecule has 0 saturated carbocycles. The standard InChI is InChI=1S/C22H25N3O2/c1-17-7-5-6-10-20(17)22(27)25-15-19(16-25)23-11-13-24(14-12-23)21(26)18-8-3-2-4-9-18/h2-10,19H,11-16H2,1H3. The van der Waals surface area contributed by atoms with Crippen molar-refractivity contribution >= 4 is 11.8 Å². The average molecular weight is 363 g/mol. The van der Waals surface area contributed by atoms with Crippen molar-refractivity contribution in [2.45, 2.75) is 13.0 Å². The maximum atomic E-state index is 12.6. The van der Waals surface area contributed by atoms with E-state index in [0.29, 0.717) is 6.04 Å². The van der Waals surface area contributed by atoms with E-state index in [1.54, 1.807) is 0 Å². The molecule has 0 N–H and O–H groups in total. The van der Waals surface area contributed by atoms with E-state index >= 15 is 0 Å². The number of aryl methyl sites for hydroxylation is 1. The van der Waals surface area contributed by atoms with E-state index in [2.05, 4.69) is 4.90 Å². The van der Waals surface area contributed by atoms with Crippen molar-refractivity contribution in [3.63, 3.8) is 0 Å². The zero-order valence-electron chi connectivity index (χ0n) is 15.7. The summed E-state index contributed by atoms with van der Waals surface area (Å²) in [6.07, 6.45) is 0. The van der Waals surface area contributed by atoms with Gasteiger partial charge in [-0.3, -0.25) is 14.5 Å². The molecule has 27 heavy (non-hydrogen) atoms. The molecule has 0 atom stereocenters. The van der Waals surface area contributed by atoms with Gasteiger partial charge in [-0.2, -0.15) is 0 Å². The van der Waals surface area contributed by atoms with Crippen LogP contribution < -0.4 is 0 Å². The second-order valence-electron chi connectivity index (χ2n) is 7.37. The number of hydrogen-bond donors (Lipinski definition) is 0. The number of amides is 2. The predicted molar refractivity (Wildman–Crippen MR) is 105 cm³/mol. The lowest BCUT2D eigenvalue weighted by Gasteiger charge is -2.48. The van der Waals surface area contributed by atoms with Gasteiger partial charge in [0, 0.05) is 56.4 Å². The van der Waals surface area contributed by atoms with Crippen molar-refractivity contribution < 1.29 is 9.59 Å². The van der Waals surface area contributed by atoms with Gasteiger partial charge in [0.25, 0.3) is 11.8 Å². The molecule has 2 fully saturated rings. The molecular formula is C22H25N3O2. The van der Waals surface area contributed by atoms with Crippen LogP contribution in [0.25, 0.3) is 0 Å². The van der Waals surface area contributed by atoms with Crippen molar-refractivity contribution in [3.8, 4) is 0 Å². The number of carbonyl (C=O) groups is 2. The van der Waals surface area contributed by atoms with Gasteiger partial charge < -0.3 is 9.80 Å². The third-order valence-corrected chi connectivity index (χ3v) is 5.66. The maximum Gasteiger partial charge on any atom is 0.254 e. The minimum Gasteiger partial charge on any atom is -0.336 e. The van der Waals surface area contributed by atoms with E-state index in [0.717, 1.165) is 56.0 Å². The molecule has 2 aliphatic heterocycles. The molecule has 140 valence electrons. The molecule has 2 amide bonds. The van der Waals surface area contributed by atoms with Crippen molar-refractivity contribution in [3.05, 3.63) is 71.3 Å². The Hall–Kier alpha value is -2.66. The number of likely N-dealkylation sites (tertiary alicyclic amines) is 1. The fourth-order valence-corrected chi connectivity index (χ4v) is 3.89. The lowest BCUT2D eigenvalue weighted by Crippen LogP contribution is -2.64. The van der Waals surface area contributed by atoms with Gasteiger partial charge in [0.05, 0.1) is 0 Å². The summed E-state index contributed by atoms with van der Waals surface area (Å²) in [5.41, 5.74) is 2.58. The second kappa shape index (κ2) is 7.53. The Balaban J connectivity index is 1.28. The summed E-state index contributed by atoms with van der Waals surface area (Å²) in [7, 11) is 0. The van der Waals surface area contributed by atoms with E-state index in [1.807, 2.05) is 71.3 Å². The molecule has 0 radical (unpaired) electrons. The highest BCUT2D eigenvalue weighted by molar-refractivity contribution is 5.96. The van der Waals surface area contributed by atoms with Crippen molar-refractivity contribution in [1.29, 1.82) is 0 Å². The third kappa shape index (κ3) is 3.60. The van der Waals surface area contributed by atoms with Crippen molar-refractivity contribution in [2.75, 3.05) is 39.3 Å². The number of rotatable bonds is 3. The number of hydrogen-bond acceptors (Lipinski definition) is 3. The smallest absolute Gasteiger partial charge is 0.254 e. The lowest BCUT2D eigenvalue weighted by atomic mass is 10.0. The van der Waals surface area contributed by atoms with Crippen molar-refractivity contribution in [2.24, 2.45) is 0 Å². The van der Waals surface area contributed by atoms with E-state index in [-0.39, 0.29) is 11.8 Å². The molecule has 2 saturated heterocycles. The van der Waals surface area contributed by atoms with Gasteiger partial charge in [-0.25, -0.2) is 0 Å². The molecule has 5 heteroatoms. The van der Waals surface area contributed by atoms with Crippen LogP contribution in [0.5, 0.6) is 0 Å². The van der Waals surface area contributed by atoms with Crippen LogP contribution in [0.1, 0.15) is 26.3 Å². The summed E-state index contributed by atoms with van der Waals surface area (Å²) in [6, 6.07) is 17.6. The first kappa shape index (κ1) is 17.7. The van der Waals surface area contributed by atoms with E-state index < -0.39 is 0 Å². The molecule has 2 heterocycles. The van der Waals surface area contributed by atoms with Gasteiger partial charge in [-0.15, -0.1) is 0 Å². The summed E-state index contributed by atoms with van der Waals surface area (Å²) in [5, 5.41) is 0.